The molecule has 1 atom stereocenters. The second-order valence-corrected chi connectivity index (χ2v) is 7.17. The molecule has 0 spiro atoms. The molecular weight excluding hydrogens is 324 g/mol. The number of nitrogens with one attached hydrogen (secondary N) is 1. The van der Waals surface area contributed by atoms with Crippen molar-refractivity contribution in [1.82, 2.24) is 20.2 Å². The number of aryl methyl sites for hydroxylation is 2. The minimum Gasteiger partial charge on any atom is -0.487 e. The molecule has 0 bridgehead atoms. The van der Waals surface area contributed by atoms with E-state index in [0.29, 0.717) is 13.1 Å². The van der Waals surface area contributed by atoms with Crippen molar-refractivity contribution in [2.45, 2.75) is 32.8 Å². The fourth-order valence-electron chi connectivity index (χ4n) is 2.82. The largest absolute Gasteiger partial charge is 0.487 e. The van der Waals surface area contributed by atoms with Gasteiger partial charge in [0.25, 0.3) is 0 Å². The van der Waals surface area contributed by atoms with Gasteiger partial charge in [-0.2, -0.15) is 0 Å². The standard InChI is InChI=1S/C17H22N4O2S/c1-12-16(24-13(2)20-12)5-8-19-17(22)21-9-6-15(11-21)23-14-4-3-7-18-10-14/h3-4,7,10,15H,5-6,8-9,11H2,1-2H3,(H,19,22)/t15-/m1/s1. The lowest BCUT2D eigenvalue weighted by Gasteiger charge is -2.17. The van der Waals surface area contributed by atoms with Gasteiger partial charge >= 0.3 is 6.03 Å². The van der Waals surface area contributed by atoms with Crippen LogP contribution >= 0.6 is 11.3 Å². The van der Waals surface area contributed by atoms with Crippen LogP contribution in [0.2, 0.25) is 0 Å². The van der Waals surface area contributed by atoms with Crippen molar-refractivity contribution in [3.63, 3.8) is 0 Å². The van der Waals surface area contributed by atoms with Crippen molar-refractivity contribution in [3.05, 3.63) is 40.1 Å². The maximum absolute atomic E-state index is 12.3. The van der Waals surface area contributed by atoms with Crippen LogP contribution in [0.15, 0.2) is 24.5 Å². The maximum atomic E-state index is 12.3. The zero-order valence-corrected chi connectivity index (χ0v) is 14.8. The van der Waals surface area contributed by atoms with E-state index in [1.807, 2.05) is 30.9 Å². The minimum absolute atomic E-state index is 0.0221. The average Bonchev–Trinajstić information content (AvgIpc) is 3.15. The van der Waals surface area contributed by atoms with E-state index in [1.54, 1.807) is 23.7 Å². The van der Waals surface area contributed by atoms with Crippen LogP contribution in [0.1, 0.15) is 22.0 Å². The Morgan fingerprint density at radius 3 is 3.08 bits per heavy atom. The van der Waals surface area contributed by atoms with E-state index in [2.05, 4.69) is 15.3 Å². The number of ether oxygens (including phenoxy) is 1. The van der Waals surface area contributed by atoms with E-state index in [1.165, 1.54) is 4.88 Å². The Balaban J connectivity index is 1.42. The highest BCUT2D eigenvalue weighted by Gasteiger charge is 2.27. The van der Waals surface area contributed by atoms with E-state index in [4.69, 9.17) is 4.74 Å². The highest BCUT2D eigenvalue weighted by atomic mass is 32.1. The Bertz CT molecular complexity index is 689. The molecule has 24 heavy (non-hydrogen) atoms. The minimum atomic E-state index is -0.0221. The molecule has 2 aromatic heterocycles. The van der Waals surface area contributed by atoms with Crippen LogP contribution in [-0.4, -0.2) is 46.6 Å². The van der Waals surface area contributed by atoms with Crippen molar-refractivity contribution < 1.29 is 9.53 Å². The normalized spacial score (nSPS) is 17.1. The van der Waals surface area contributed by atoms with Crippen LogP contribution in [0.4, 0.5) is 4.79 Å². The molecule has 1 aliphatic rings. The van der Waals surface area contributed by atoms with Gasteiger partial charge in [0.15, 0.2) is 0 Å². The molecule has 0 radical (unpaired) electrons. The first-order valence-electron chi connectivity index (χ1n) is 8.14. The number of hydrogen-bond donors (Lipinski definition) is 1. The molecular formula is C17H22N4O2S. The summed E-state index contributed by atoms with van der Waals surface area (Å²) in [5.74, 6) is 0.751. The summed E-state index contributed by atoms with van der Waals surface area (Å²) < 4.78 is 5.86. The van der Waals surface area contributed by atoms with E-state index in [-0.39, 0.29) is 12.1 Å². The van der Waals surface area contributed by atoms with E-state index in [9.17, 15) is 4.79 Å². The number of nitrogens with zero attached hydrogens (tertiary/aromatic N) is 3. The SMILES string of the molecule is Cc1nc(C)c(CCNC(=O)N2CC[C@@H](Oc3cccnc3)C2)s1. The molecule has 0 aromatic carbocycles. The summed E-state index contributed by atoms with van der Waals surface area (Å²) in [4.78, 5) is 23.8. The van der Waals surface area contributed by atoms with Crippen LogP contribution in [0, 0.1) is 13.8 Å². The average molecular weight is 346 g/mol. The van der Waals surface area contributed by atoms with Gasteiger partial charge in [-0.25, -0.2) is 9.78 Å². The number of hydrogen-bond acceptors (Lipinski definition) is 5. The van der Waals surface area contributed by atoms with Crippen molar-refractivity contribution in [2.75, 3.05) is 19.6 Å². The second kappa shape index (κ2) is 7.61. The predicted octanol–water partition coefficient (Wildman–Crippen LogP) is 2.56. The lowest BCUT2D eigenvalue weighted by molar-refractivity contribution is 0.187. The zero-order valence-electron chi connectivity index (χ0n) is 14.0. The summed E-state index contributed by atoms with van der Waals surface area (Å²) in [5, 5.41) is 4.06. The summed E-state index contributed by atoms with van der Waals surface area (Å²) in [7, 11) is 0. The van der Waals surface area contributed by atoms with Gasteiger partial charge in [0.2, 0.25) is 0 Å². The smallest absolute Gasteiger partial charge is 0.317 e. The number of pyridine rings is 1. The number of rotatable bonds is 5. The van der Waals surface area contributed by atoms with Gasteiger partial charge in [-0.15, -0.1) is 11.3 Å². The Kier molecular flexibility index (Phi) is 5.30. The van der Waals surface area contributed by atoms with E-state index >= 15 is 0 Å². The molecule has 1 aliphatic heterocycles. The third-order valence-electron chi connectivity index (χ3n) is 4.00. The number of aromatic nitrogens is 2. The number of urea groups is 1. The van der Waals surface area contributed by atoms with Gasteiger partial charge < -0.3 is 15.0 Å². The van der Waals surface area contributed by atoms with E-state index in [0.717, 1.165) is 35.8 Å². The van der Waals surface area contributed by atoms with Crippen molar-refractivity contribution in [2.24, 2.45) is 0 Å². The Morgan fingerprint density at radius 1 is 1.50 bits per heavy atom. The van der Waals surface area contributed by atoms with E-state index < -0.39 is 0 Å². The van der Waals surface area contributed by atoms with Gasteiger partial charge in [-0.3, -0.25) is 4.98 Å². The molecule has 128 valence electrons. The molecule has 2 amide bonds. The maximum Gasteiger partial charge on any atom is 0.317 e. The summed E-state index contributed by atoms with van der Waals surface area (Å²) >= 11 is 1.70. The summed E-state index contributed by atoms with van der Waals surface area (Å²) in [5.41, 5.74) is 1.07. The Hall–Kier alpha value is -2.15. The molecule has 7 heteroatoms. The fraction of sp³-hybridized carbons (Fsp3) is 0.471. The number of likely N-dealkylation sites (tertiary alicyclic amines) is 1. The Morgan fingerprint density at radius 2 is 2.38 bits per heavy atom. The molecule has 3 heterocycles. The third kappa shape index (κ3) is 4.23. The van der Waals surface area contributed by atoms with Gasteiger partial charge in [-0.1, -0.05) is 0 Å². The highest BCUT2D eigenvalue weighted by Crippen LogP contribution is 2.18. The molecule has 1 saturated heterocycles. The first-order chi connectivity index (χ1) is 11.6. The van der Waals surface area contributed by atoms with Gasteiger partial charge in [0.1, 0.15) is 11.9 Å². The lowest BCUT2D eigenvalue weighted by Crippen LogP contribution is -2.40. The van der Waals surface area contributed by atoms with Crippen LogP contribution in [0.3, 0.4) is 0 Å². The number of amides is 2. The second-order valence-electron chi connectivity index (χ2n) is 5.89. The number of carbonyl (C=O) groups is 1. The van der Waals surface area contributed by atoms with Crippen LogP contribution < -0.4 is 10.1 Å². The van der Waals surface area contributed by atoms with Crippen molar-refractivity contribution in [3.8, 4) is 5.75 Å². The molecule has 2 aromatic rings. The van der Waals surface area contributed by atoms with Gasteiger partial charge in [0, 0.05) is 37.0 Å². The molecule has 1 fully saturated rings. The summed E-state index contributed by atoms with van der Waals surface area (Å²) in [6.07, 6.45) is 5.11. The fourth-order valence-corrected chi connectivity index (χ4v) is 3.75. The predicted molar refractivity (Wildman–Crippen MR) is 93.5 cm³/mol. The summed E-state index contributed by atoms with van der Waals surface area (Å²) in [6.45, 7) is 5.98. The zero-order chi connectivity index (χ0) is 16.9. The van der Waals surface area contributed by atoms with Gasteiger partial charge in [0.05, 0.1) is 23.4 Å². The molecule has 1 N–H and O–H groups in total. The topological polar surface area (TPSA) is 67.4 Å². The molecule has 0 aliphatic carbocycles. The third-order valence-corrected chi connectivity index (χ3v) is 5.13. The van der Waals surface area contributed by atoms with Crippen molar-refractivity contribution in [1.29, 1.82) is 0 Å². The first-order valence-corrected chi connectivity index (χ1v) is 8.96. The first kappa shape index (κ1) is 16.7. The molecule has 6 nitrogen and oxygen atoms in total. The number of thiazole rings is 1. The monoisotopic (exact) mass is 346 g/mol. The molecule has 0 unspecified atom stereocenters. The molecule has 0 saturated carbocycles. The number of carbonyl (C=O) groups excluding carboxylic acids is 1. The van der Waals surface area contributed by atoms with Crippen LogP contribution in [0.5, 0.6) is 5.75 Å². The lowest BCUT2D eigenvalue weighted by atomic mass is 10.3. The Labute approximate surface area is 145 Å². The summed E-state index contributed by atoms with van der Waals surface area (Å²) in [6, 6.07) is 3.71. The highest BCUT2D eigenvalue weighted by molar-refractivity contribution is 7.11. The molecule has 3 rings (SSSR count). The van der Waals surface area contributed by atoms with Crippen LogP contribution in [0.25, 0.3) is 0 Å². The quantitative estimate of drug-likeness (QED) is 0.903. The van der Waals surface area contributed by atoms with Crippen molar-refractivity contribution >= 4 is 17.4 Å². The van der Waals surface area contributed by atoms with Crippen LogP contribution in [-0.2, 0) is 6.42 Å². The van der Waals surface area contributed by atoms with Gasteiger partial charge in [-0.05, 0) is 26.0 Å².